The van der Waals surface area contributed by atoms with Crippen LogP contribution in [0.25, 0.3) is 0 Å². The molecule has 2 aliphatic rings. The van der Waals surface area contributed by atoms with E-state index in [0.29, 0.717) is 31.8 Å². The Morgan fingerprint density at radius 3 is 2.46 bits per heavy atom. The number of piperidine rings is 1. The predicted molar refractivity (Wildman–Crippen MR) is 95.2 cm³/mol. The van der Waals surface area contributed by atoms with Crippen molar-refractivity contribution < 1.29 is 14.6 Å². The van der Waals surface area contributed by atoms with Crippen molar-refractivity contribution in [3.8, 4) is 0 Å². The van der Waals surface area contributed by atoms with Gasteiger partial charge in [-0.1, -0.05) is 12.1 Å². The van der Waals surface area contributed by atoms with Crippen molar-refractivity contribution in [1.29, 1.82) is 0 Å². The lowest BCUT2D eigenvalue weighted by Gasteiger charge is -2.56. The van der Waals surface area contributed by atoms with Gasteiger partial charge in [-0.15, -0.1) is 12.4 Å². The van der Waals surface area contributed by atoms with Gasteiger partial charge in [-0.25, -0.2) is 0 Å². The third-order valence-electron chi connectivity index (χ3n) is 5.53. The highest BCUT2D eigenvalue weighted by atomic mass is 35.5. The summed E-state index contributed by atoms with van der Waals surface area (Å²) in [6.07, 6.45) is 2.20. The summed E-state index contributed by atoms with van der Waals surface area (Å²) in [5.41, 5.74) is 7.17. The van der Waals surface area contributed by atoms with E-state index in [-0.39, 0.29) is 35.9 Å². The van der Waals surface area contributed by atoms with Crippen molar-refractivity contribution in [1.82, 2.24) is 4.90 Å². The van der Waals surface area contributed by atoms with Crippen LogP contribution in [0.4, 0.5) is 0 Å². The minimum Gasteiger partial charge on any atom is -0.392 e. The molecule has 1 spiro atoms. The van der Waals surface area contributed by atoms with Gasteiger partial charge in [0, 0.05) is 43.6 Å². The molecule has 1 aliphatic carbocycles. The van der Waals surface area contributed by atoms with E-state index >= 15 is 0 Å². The van der Waals surface area contributed by atoms with Crippen molar-refractivity contribution >= 4 is 18.3 Å². The molecule has 24 heavy (non-hydrogen) atoms. The van der Waals surface area contributed by atoms with E-state index in [1.807, 2.05) is 36.1 Å². The Kier molecular flexibility index (Phi) is 6.26. The molecule has 2 unspecified atom stereocenters. The maximum absolute atomic E-state index is 12.6. The first kappa shape index (κ1) is 19.2. The molecule has 1 aromatic carbocycles. The van der Waals surface area contributed by atoms with Gasteiger partial charge in [0.15, 0.2) is 0 Å². The van der Waals surface area contributed by atoms with E-state index in [9.17, 15) is 9.90 Å². The number of benzene rings is 1. The molecule has 2 atom stereocenters. The second kappa shape index (κ2) is 7.83. The third kappa shape index (κ3) is 3.31. The molecule has 1 saturated carbocycles. The lowest BCUT2D eigenvalue weighted by molar-refractivity contribution is -0.207. The van der Waals surface area contributed by atoms with E-state index in [0.717, 1.165) is 24.8 Å². The number of rotatable bonds is 4. The van der Waals surface area contributed by atoms with Gasteiger partial charge in [0.25, 0.3) is 5.91 Å². The molecular weight excluding hydrogens is 328 g/mol. The largest absolute Gasteiger partial charge is 0.392 e. The summed E-state index contributed by atoms with van der Waals surface area (Å²) < 4.78 is 5.77. The summed E-state index contributed by atoms with van der Waals surface area (Å²) >= 11 is 0. The molecule has 3 rings (SSSR count). The predicted octanol–water partition coefficient (Wildman–Crippen LogP) is 1.96. The quantitative estimate of drug-likeness (QED) is 0.866. The minimum absolute atomic E-state index is 0. The van der Waals surface area contributed by atoms with Crippen molar-refractivity contribution in [3.05, 3.63) is 35.4 Å². The standard InChI is InChI=1S/C18H26N2O3.ClH/c1-2-23-16-11-15(21)18(16)7-9-20(10-8-18)17(22)14-5-3-13(12-19)4-6-14;/h3-6,15-16,21H,2,7-12,19H2,1H3;1H. The Morgan fingerprint density at radius 1 is 1.33 bits per heavy atom. The maximum Gasteiger partial charge on any atom is 0.253 e. The summed E-state index contributed by atoms with van der Waals surface area (Å²) in [4.78, 5) is 14.5. The Morgan fingerprint density at radius 2 is 1.96 bits per heavy atom. The van der Waals surface area contributed by atoms with Gasteiger partial charge in [0.2, 0.25) is 0 Å². The number of likely N-dealkylation sites (tertiary alicyclic amines) is 1. The number of ether oxygens (including phenoxy) is 1. The molecule has 1 aromatic rings. The van der Waals surface area contributed by atoms with Gasteiger partial charge in [0.05, 0.1) is 12.2 Å². The second-order valence-corrected chi connectivity index (χ2v) is 6.62. The molecule has 0 bridgehead atoms. The van der Waals surface area contributed by atoms with Gasteiger partial charge in [-0.2, -0.15) is 0 Å². The number of aliphatic hydroxyl groups is 1. The zero-order chi connectivity index (χ0) is 16.4. The van der Waals surface area contributed by atoms with Crippen LogP contribution in [0.5, 0.6) is 0 Å². The SMILES string of the molecule is CCOC1CC(O)C12CCN(C(=O)c1ccc(CN)cc1)CC2.Cl. The molecule has 1 aliphatic heterocycles. The number of aliphatic hydroxyl groups excluding tert-OH is 1. The lowest BCUT2D eigenvalue weighted by atomic mass is 9.58. The van der Waals surface area contributed by atoms with Crippen LogP contribution in [0.15, 0.2) is 24.3 Å². The van der Waals surface area contributed by atoms with Crippen LogP contribution in [0.3, 0.4) is 0 Å². The number of amides is 1. The molecule has 2 fully saturated rings. The minimum atomic E-state index is -0.292. The molecule has 0 radical (unpaired) electrons. The first-order valence-electron chi connectivity index (χ1n) is 8.48. The average molecular weight is 355 g/mol. The van der Waals surface area contributed by atoms with Crippen LogP contribution in [0.1, 0.15) is 42.1 Å². The number of hydrogen-bond donors (Lipinski definition) is 2. The van der Waals surface area contributed by atoms with Gasteiger partial charge in [-0.05, 0) is 37.5 Å². The molecule has 1 heterocycles. The van der Waals surface area contributed by atoms with Gasteiger partial charge >= 0.3 is 0 Å². The average Bonchev–Trinajstić information content (AvgIpc) is 2.61. The second-order valence-electron chi connectivity index (χ2n) is 6.62. The summed E-state index contributed by atoms with van der Waals surface area (Å²) in [5, 5.41) is 10.2. The molecule has 5 nitrogen and oxygen atoms in total. The maximum atomic E-state index is 12.6. The lowest BCUT2D eigenvalue weighted by Crippen LogP contribution is -2.62. The highest BCUT2D eigenvalue weighted by Crippen LogP contribution is 2.51. The molecule has 0 aromatic heterocycles. The number of halogens is 1. The van der Waals surface area contributed by atoms with Crippen LogP contribution in [0.2, 0.25) is 0 Å². The van der Waals surface area contributed by atoms with E-state index in [1.54, 1.807) is 0 Å². The van der Waals surface area contributed by atoms with Gasteiger partial charge in [0.1, 0.15) is 0 Å². The Bertz CT molecular complexity index is 554. The summed E-state index contributed by atoms with van der Waals surface area (Å²) in [6, 6.07) is 7.49. The fourth-order valence-electron chi connectivity index (χ4n) is 3.91. The van der Waals surface area contributed by atoms with Crippen LogP contribution in [0, 0.1) is 5.41 Å². The molecule has 1 saturated heterocycles. The fourth-order valence-corrected chi connectivity index (χ4v) is 3.91. The number of nitrogens with two attached hydrogens (primary N) is 1. The van der Waals surface area contributed by atoms with Gasteiger partial charge < -0.3 is 20.5 Å². The van der Waals surface area contributed by atoms with Crippen molar-refractivity contribution in [3.63, 3.8) is 0 Å². The zero-order valence-corrected chi connectivity index (χ0v) is 14.9. The van der Waals surface area contributed by atoms with Crippen LogP contribution < -0.4 is 5.73 Å². The van der Waals surface area contributed by atoms with Crippen molar-refractivity contribution in [2.45, 2.75) is 44.9 Å². The summed E-state index contributed by atoms with van der Waals surface area (Å²) in [5.74, 6) is 0.0604. The van der Waals surface area contributed by atoms with Crippen molar-refractivity contribution in [2.75, 3.05) is 19.7 Å². The normalized spacial score (nSPS) is 25.0. The van der Waals surface area contributed by atoms with E-state index < -0.39 is 0 Å². The summed E-state index contributed by atoms with van der Waals surface area (Å²) in [6.45, 7) is 4.50. The van der Waals surface area contributed by atoms with E-state index in [1.165, 1.54) is 0 Å². The monoisotopic (exact) mass is 354 g/mol. The molecule has 1 amide bonds. The Labute approximate surface area is 149 Å². The van der Waals surface area contributed by atoms with Crippen LogP contribution in [-0.4, -0.2) is 47.8 Å². The molecule has 6 heteroatoms. The van der Waals surface area contributed by atoms with Crippen molar-refractivity contribution in [2.24, 2.45) is 11.1 Å². The highest BCUT2D eigenvalue weighted by molar-refractivity contribution is 5.94. The topological polar surface area (TPSA) is 75.8 Å². The molecule has 134 valence electrons. The third-order valence-corrected chi connectivity index (χ3v) is 5.53. The zero-order valence-electron chi connectivity index (χ0n) is 14.1. The van der Waals surface area contributed by atoms with Gasteiger partial charge in [-0.3, -0.25) is 4.79 Å². The smallest absolute Gasteiger partial charge is 0.253 e. The fraction of sp³-hybridized carbons (Fsp3) is 0.611. The molecule has 3 N–H and O–H groups in total. The van der Waals surface area contributed by atoms with E-state index in [4.69, 9.17) is 10.5 Å². The number of carbonyl (C=O) groups is 1. The Hall–Kier alpha value is -1.14. The van der Waals surface area contributed by atoms with E-state index in [2.05, 4.69) is 0 Å². The highest BCUT2D eigenvalue weighted by Gasteiger charge is 2.56. The molecular formula is C18H27ClN2O3. The van der Waals surface area contributed by atoms with Crippen LogP contribution >= 0.6 is 12.4 Å². The van der Waals surface area contributed by atoms with Crippen LogP contribution in [-0.2, 0) is 11.3 Å². The number of nitrogens with zero attached hydrogens (tertiary/aromatic N) is 1. The first-order chi connectivity index (χ1) is 11.1. The summed E-state index contributed by atoms with van der Waals surface area (Å²) in [7, 11) is 0. The number of carbonyl (C=O) groups excluding carboxylic acids is 1. The Balaban J connectivity index is 0.00000208. The first-order valence-corrected chi connectivity index (χ1v) is 8.48. The number of hydrogen-bond acceptors (Lipinski definition) is 4.